The number of hydrogen-bond acceptors (Lipinski definition) is 7. The van der Waals surface area contributed by atoms with Crippen LogP contribution in [0.4, 0.5) is 5.13 Å². The molecule has 2 rings (SSSR count). The van der Waals surface area contributed by atoms with E-state index in [4.69, 9.17) is 27.9 Å². The normalized spacial score (nSPS) is 11.4. The molecule has 0 aliphatic heterocycles. The summed E-state index contributed by atoms with van der Waals surface area (Å²) in [5, 5.41) is 7.62. The van der Waals surface area contributed by atoms with Gasteiger partial charge in [-0.25, -0.2) is 8.42 Å². The molecule has 6 nitrogen and oxygen atoms in total. The number of rotatable bonds is 5. The van der Waals surface area contributed by atoms with Crippen LogP contribution in [0.15, 0.2) is 21.4 Å². The van der Waals surface area contributed by atoms with Crippen molar-refractivity contribution in [2.75, 3.05) is 18.1 Å². The van der Waals surface area contributed by atoms with Crippen LogP contribution in [-0.2, 0) is 10.0 Å². The molecule has 1 aromatic heterocycles. The van der Waals surface area contributed by atoms with E-state index in [2.05, 4.69) is 14.9 Å². The zero-order valence-electron chi connectivity index (χ0n) is 10.8. The van der Waals surface area contributed by atoms with E-state index in [1.165, 1.54) is 31.0 Å². The second kappa shape index (κ2) is 6.57. The van der Waals surface area contributed by atoms with E-state index in [-0.39, 0.29) is 20.1 Å². The van der Waals surface area contributed by atoms with Gasteiger partial charge >= 0.3 is 0 Å². The molecule has 0 atom stereocenters. The molecule has 0 fully saturated rings. The number of hydrogen-bond donors (Lipinski definition) is 1. The van der Waals surface area contributed by atoms with E-state index in [0.717, 1.165) is 11.3 Å². The monoisotopic (exact) mass is 385 g/mol. The van der Waals surface area contributed by atoms with Crippen LogP contribution in [0.25, 0.3) is 0 Å². The van der Waals surface area contributed by atoms with E-state index < -0.39 is 10.0 Å². The van der Waals surface area contributed by atoms with Gasteiger partial charge in [0, 0.05) is 0 Å². The first kappa shape index (κ1) is 16.6. The largest absolute Gasteiger partial charge is 0.495 e. The molecule has 0 bridgehead atoms. The number of aromatic nitrogens is 2. The van der Waals surface area contributed by atoms with Gasteiger partial charge in [-0.2, -0.15) is 0 Å². The van der Waals surface area contributed by atoms with E-state index in [0.29, 0.717) is 10.1 Å². The lowest BCUT2D eigenvalue weighted by molar-refractivity contribution is 0.414. The van der Waals surface area contributed by atoms with Gasteiger partial charge in [-0.1, -0.05) is 46.3 Å². The lowest BCUT2D eigenvalue weighted by Gasteiger charge is -2.10. The Morgan fingerprint density at radius 3 is 2.57 bits per heavy atom. The van der Waals surface area contributed by atoms with Crippen LogP contribution >= 0.6 is 46.3 Å². The smallest absolute Gasteiger partial charge is 0.265 e. The molecule has 114 valence electrons. The third-order valence-electron chi connectivity index (χ3n) is 2.32. The van der Waals surface area contributed by atoms with Crippen LogP contribution in [0, 0.1) is 0 Å². The Hall–Kier alpha value is -0.740. The van der Waals surface area contributed by atoms with E-state index in [1.807, 2.05) is 6.26 Å². The molecule has 0 spiro atoms. The zero-order chi connectivity index (χ0) is 15.6. The summed E-state index contributed by atoms with van der Waals surface area (Å²) in [6.07, 6.45) is 1.82. The standard InChI is InChI=1S/C10H9Cl2N3O3S3/c1-18-5-3-4-6(8(12)7(5)11)21(16,17)15-9-13-14-10(19-2)20-9/h3-4H,1-2H3,(H,13,15). The molecule has 21 heavy (non-hydrogen) atoms. The molecule has 0 saturated carbocycles. The first-order chi connectivity index (χ1) is 9.89. The van der Waals surface area contributed by atoms with Gasteiger partial charge in [-0.05, 0) is 18.4 Å². The van der Waals surface area contributed by atoms with Crippen LogP contribution in [-0.4, -0.2) is 32.0 Å². The SMILES string of the molecule is COc1ccc(S(=O)(=O)Nc2nnc(SC)s2)c(Cl)c1Cl. The average Bonchev–Trinajstić information content (AvgIpc) is 2.88. The van der Waals surface area contributed by atoms with Crippen molar-refractivity contribution >= 4 is 61.5 Å². The van der Waals surface area contributed by atoms with Crippen LogP contribution in [0.5, 0.6) is 5.75 Å². The number of nitrogens with zero attached hydrogens (tertiary/aromatic N) is 2. The molecular weight excluding hydrogens is 377 g/mol. The Morgan fingerprint density at radius 1 is 1.29 bits per heavy atom. The first-order valence-corrected chi connectivity index (χ1v) is 9.59. The van der Waals surface area contributed by atoms with Crippen molar-refractivity contribution in [1.29, 1.82) is 0 Å². The molecule has 0 saturated heterocycles. The molecule has 1 heterocycles. The maximum absolute atomic E-state index is 12.3. The van der Waals surface area contributed by atoms with Crippen LogP contribution in [0.3, 0.4) is 0 Å². The molecule has 0 amide bonds. The molecular formula is C10H9Cl2N3O3S3. The van der Waals surface area contributed by atoms with Crippen molar-refractivity contribution in [2.45, 2.75) is 9.24 Å². The zero-order valence-corrected chi connectivity index (χ0v) is 14.7. The highest BCUT2D eigenvalue weighted by Gasteiger charge is 2.23. The van der Waals surface area contributed by atoms with E-state index >= 15 is 0 Å². The molecule has 11 heteroatoms. The second-order valence-electron chi connectivity index (χ2n) is 3.58. The van der Waals surface area contributed by atoms with Crippen molar-refractivity contribution in [3.8, 4) is 5.75 Å². The van der Waals surface area contributed by atoms with Gasteiger partial charge in [0.1, 0.15) is 15.7 Å². The lowest BCUT2D eigenvalue weighted by Crippen LogP contribution is -2.13. The minimum absolute atomic E-state index is 0.0316. The molecule has 0 radical (unpaired) electrons. The van der Waals surface area contributed by atoms with Crippen molar-refractivity contribution in [1.82, 2.24) is 10.2 Å². The van der Waals surface area contributed by atoms with Crippen molar-refractivity contribution in [2.24, 2.45) is 0 Å². The topological polar surface area (TPSA) is 81.2 Å². The Balaban J connectivity index is 2.38. The van der Waals surface area contributed by atoms with Gasteiger partial charge in [-0.3, -0.25) is 4.72 Å². The maximum atomic E-state index is 12.3. The summed E-state index contributed by atoms with van der Waals surface area (Å²) in [6.45, 7) is 0. The minimum atomic E-state index is -3.91. The highest BCUT2D eigenvalue weighted by Crippen LogP contribution is 2.37. The minimum Gasteiger partial charge on any atom is -0.495 e. The lowest BCUT2D eigenvalue weighted by atomic mass is 10.3. The number of thioether (sulfide) groups is 1. The molecule has 1 aromatic carbocycles. The van der Waals surface area contributed by atoms with E-state index in [1.54, 1.807) is 0 Å². The molecule has 0 aliphatic carbocycles. The highest BCUT2D eigenvalue weighted by molar-refractivity contribution is 8.00. The molecule has 0 unspecified atom stereocenters. The summed E-state index contributed by atoms with van der Waals surface area (Å²) in [5.74, 6) is 0.293. The number of methoxy groups -OCH3 is 1. The number of nitrogens with one attached hydrogen (secondary N) is 1. The van der Waals surface area contributed by atoms with Gasteiger partial charge in [0.15, 0.2) is 4.34 Å². The Bertz CT molecular complexity index is 764. The van der Waals surface area contributed by atoms with Crippen LogP contribution < -0.4 is 9.46 Å². The third kappa shape index (κ3) is 3.54. The van der Waals surface area contributed by atoms with Gasteiger partial charge in [0.2, 0.25) is 5.13 Å². The summed E-state index contributed by atoms with van der Waals surface area (Å²) in [5.41, 5.74) is 0. The number of anilines is 1. The Kier molecular flexibility index (Phi) is 5.20. The maximum Gasteiger partial charge on any atom is 0.265 e. The fourth-order valence-corrected chi connectivity index (χ4v) is 4.62. The average molecular weight is 386 g/mol. The van der Waals surface area contributed by atoms with Gasteiger partial charge in [0.25, 0.3) is 10.0 Å². The fraction of sp³-hybridized carbons (Fsp3) is 0.200. The fourth-order valence-electron chi connectivity index (χ4n) is 1.38. The quantitative estimate of drug-likeness (QED) is 0.794. The highest BCUT2D eigenvalue weighted by atomic mass is 35.5. The van der Waals surface area contributed by atoms with Crippen LogP contribution in [0.2, 0.25) is 10.0 Å². The summed E-state index contributed by atoms with van der Waals surface area (Å²) in [7, 11) is -2.50. The van der Waals surface area contributed by atoms with Crippen molar-refractivity contribution in [3.63, 3.8) is 0 Å². The number of ether oxygens (including phenoxy) is 1. The predicted molar refractivity (Wildman–Crippen MR) is 85.5 cm³/mol. The van der Waals surface area contributed by atoms with Crippen LogP contribution in [0.1, 0.15) is 0 Å². The third-order valence-corrected chi connectivity index (χ3v) is 6.62. The van der Waals surface area contributed by atoms with Gasteiger partial charge < -0.3 is 4.74 Å². The summed E-state index contributed by atoms with van der Waals surface area (Å²) >= 11 is 14.4. The molecule has 2 aromatic rings. The number of halogens is 2. The van der Waals surface area contributed by atoms with Gasteiger partial charge in [0.05, 0.1) is 12.1 Å². The Labute approximate surface area is 139 Å². The van der Waals surface area contributed by atoms with E-state index in [9.17, 15) is 8.42 Å². The molecule has 0 aliphatic rings. The first-order valence-electron chi connectivity index (χ1n) is 5.31. The summed E-state index contributed by atoms with van der Waals surface area (Å²) in [4.78, 5) is -0.157. The predicted octanol–water partition coefficient (Wildman–Crippen LogP) is 3.38. The second-order valence-corrected chi connectivity index (χ2v) is 8.01. The van der Waals surface area contributed by atoms with Gasteiger partial charge in [-0.15, -0.1) is 10.2 Å². The Morgan fingerprint density at radius 2 is 2.00 bits per heavy atom. The van der Waals surface area contributed by atoms with Crippen molar-refractivity contribution in [3.05, 3.63) is 22.2 Å². The summed E-state index contributed by atoms with van der Waals surface area (Å²) < 4.78 is 32.6. The number of sulfonamides is 1. The molecule has 1 N–H and O–H groups in total. The van der Waals surface area contributed by atoms with Crippen molar-refractivity contribution < 1.29 is 13.2 Å². The summed E-state index contributed by atoms with van der Waals surface area (Å²) in [6, 6.07) is 2.74. The number of benzene rings is 1.